The van der Waals surface area contributed by atoms with Gasteiger partial charge in [0.25, 0.3) is 21.8 Å². The molecule has 234 valence electrons. The summed E-state index contributed by atoms with van der Waals surface area (Å²) in [4.78, 5) is 25.0. The molecule has 0 atom stereocenters. The molecule has 4 aromatic carbocycles. The molecular formula is C32H31FN4O7S. The van der Waals surface area contributed by atoms with Gasteiger partial charge in [0.05, 0.1) is 31.0 Å². The normalized spacial score (nSPS) is 11.1. The lowest BCUT2D eigenvalue weighted by Crippen LogP contribution is -2.39. The van der Waals surface area contributed by atoms with E-state index < -0.39 is 34.2 Å². The van der Waals surface area contributed by atoms with Crippen LogP contribution in [0.4, 0.5) is 15.8 Å². The number of carbonyl (C=O) groups is 2. The number of aryl methyl sites for hydroxylation is 1. The molecule has 0 aliphatic carbocycles. The van der Waals surface area contributed by atoms with Crippen LogP contribution in [0.15, 0.2) is 101 Å². The Hall–Kier alpha value is -5.43. The van der Waals surface area contributed by atoms with Gasteiger partial charge in [-0.1, -0.05) is 17.7 Å². The predicted octanol–water partition coefficient (Wildman–Crippen LogP) is 4.51. The molecular weight excluding hydrogens is 603 g/mol. The van der Waals surface area contributed by atoms with E-state index in [1.807, 2.05) is 6.92 Å². The maximum atomic E-state index is 13.6. The van der Waals surface area contributed by atoms with Crippen LogP contribution in [0.1, 0.15) is 11.1 Å². The van der Waals surface area contributed by atoms with Gasteiger partial charge in [-0.15, -0.1) is 0 Å². The maximum absolute atomic E-state index is 13.6. The van der Waals surface area contributed by atoms with Crippen LogP contribution in [0, 0.1) is 12.7 Å². The zero-order valence-electron chi connectivity index (χ0n) is 24.7. The zero-order valence-corrected chi connectivity index (χ0v) is 25.5. The number of halogens is 1. The number of anilines is 2. The van der Waals surface area contributed by atoms with Gasteiger partial charge >= 0.3 is 0 Å². The molecule has 0 radical (unpaired) electrons. The Bertz CT molecular complexity index is 1760. The Morgan fingerprint density at radius 1 is 0.867 bits per heavy atom. The molecule has 0 unspecified atom stereocenters. The number of methoxy groups -OCH3 is 2. The molecule has 0 aliphatic heterocycles. The molecule has 45 heavy (non-hydrogen) atoms. The Morgan fingerprint density at radius 3 is 2.18 bits per heavy atom. The number of hydrazone groups is 1. The summed E-state index contributed by atoms with van der Waals surface area (Å²) >= 11 is 0. The van der Waals surface area contributed by atoms with Gasteiger partial charge in [-0.25, -0.2) is 18.2 Å². The molecule has 0 spiro atoms. The second-order valence-corrected chi connectivity index (χ2v) is 11.4. The van der Waals surface area contributed by atoms with Crippen molar-refractivity contribution in [2.45, 2.75) is 11.8 Å². The lowest BCUT2D eigenvalue weighted by atomic mass is 10.2. The number of hydrogen-bond acceptors (Lipinski definition) is 8. The Balaban J connectivity index is 1.39. The van der Waals surface area contributed by atoms with Crippen LogP contribution >= 0.6 is 0 Å². The molecule has 0 aliphatic rings. The van der Waals surface area contributed by atoms with Crippen molar-refractivity contribution in [1.29, 1.82) is 0 Å². The zero-order chi connectivity index (χ0) is 32.4. The van der Waals surface area contributed by atoms with Gasteiger partial charge in [0.15, 0.2) is 18.1 Å². The Kier molecular flexibility index (Phi) is 10.7. The van der Waals surface area contributed by atoms with E-state index in [1.54, 1.807) is 42.5 Å². The van der Waals surface area contributed by atoms with Crippen LogP contribution in [0.3, 0.4) is 0 Å². The number of nitrogens with zero attached hydrogens (tertiary/aromatic N) is 2. The second kappa shape index (κ2) is 14.8. The van der Waals surface area contributed by atoms with Gasteiger partial charge in [0, 0.05) is 11.8 Å². The van der Waals surface area contributed by atoms with E-state index in [1.165, 1.54) is 69.0 Å². The topological polar surface area (TPSA) is 136 Å². The molecule has 0 saturated heterocycles. The third kappa shape index (κ3) is 8.80. The molecule has 0 heterocycles. The van der Waals surface area contributed by atoms with Crippen molar-refractivity contribution in [3.05, 3.63) is 108 Å². The van der Waals surface area contributed by atoms with Gasteiger partial charge in [0.1, 0.15) is 18.1 Å². The molecule has 0 bridgehead atoms. The second-order valence-electron chi connectivity index (χ2n) is 9.57. The van der Waals surface area contributed by atoms with Crippen molar-refractivity contribution in [3.8, 4) is 17.2 Å². The SMILES string of the molecule is COc1ccc(N(CC(=O)N/N=C\c2ccc(OCC(=O)Nc3ccc(F)cc3)cc2)S(=O)(=O)c2ccc(C)cc2)cc1OC. The smallest absolute Gasteiger partial charge is 0.264 e. The summed E-state index contributed by atoms with van der Waals surface area (Å²) in [7, 11) is -1.27. The first-order valence-electron chi connectivity index (χ1n) is 13.5. The molecule has 11 nitrogen and oxygen atoms in total. The van der Waals surface area contributed by atoms with Crippen molar-refractivity contribution in [3.63, 3.8) is 0 Å². The van der Waals surface area contributed by atoms with E-state index in [0.29, 0.717) is 28.5 Å². The lowest BCUT2D eigenvalue weighted by Gasteiger charge is -2.24. The number of sulfonamides is 1. The van der Waals surface area contributed by atoms with Crippen LogP contribution < -0.4 is 29.3 Å². The first-order chi connectivity index (χ1) is 21.6. The summed E-state index contributed by atoms with van der Waals surface area (Å²) in [6, 6.07) is 22.7. The molecule has 2 amide bonds. The Morgan fingerprint density at radius 2 is 1.53 bits per heavy atom. The number of carbonyl (C=O) groups excluding carboxylic acids is 2. The van der Waals surface area contributed by atoms with Gasteiger partial charge in [0.2, 0.25) is 0 Å². The molecule has 0 aromatic heterocycles. The van der Waals surface area contributed by atoms with E-state index in [4.69, 9.17) is 14.2 Å². The molecule has 2 N–H and O–H groups in total. The molecule has 0 fully saturated rings. The predicted molar refractivity (Wildman–Crippen MR) is 168 cm³/mol. The quantitative estimate of drug-likeness (QED) is 0.163. The highest BCUT2D eigenvalue weighted by molar-refractivity contribution is 7.92. The summed E-state index contributed by atoms with van der Waals surface area (Å²) in [5.74, 6) is -0.413. The molecule has 13 heteroatoms. The molecule has 4 rings (SSSR count). The number of ether oxygens (including phenoxy) is 3. The van der Waals surface area contributed by atoms with E-state index in [2.05, 4.69) is 15.8 Å². The summed E-state index contributed by atoms with van der Waals surface area (Å²) in [6.45, 7) is 1.00. The largest absolute Gasteiger partial charge is 0.493 e. The molecule has 4 aromatic rings. The summed E-state index contributed by atoms with van der Waals surface area (Å²) < 4.78 is 57.3. The van der Waals surface area contributed by atoms with E-state index in [-0.39, 0.29) is 17.2 Å². The summed E-state index contributed by atoms with van der Waals surface area (Å²) in [5, 5.41) is 6.55. The number of hydrogen-bond donors (Lipinski definition) is 2. The summed E-state index contributed by atoms with van der Waals surface area (Å²) in [6.07, 6.45) is 1.37. The van der Waals surface area contributed by atoms with Gasteiger partial charge in [-0.3, -0.25) is 13.9 Å². The number of nitrogens with one attached hydrogen (secondary N) is 2. The fourth-order valence-corrected chi connectivity index (χ4v) is 5.42. The van der Waals surface area contributed by atoms with Crippen LogP contribution in [0.2, 0.25) is 0 Å². The first-order valence-corrected chi connectivity index (χ1v) is 14.9. The number of rotatable bonds is 13. The minimum absolute atomic E-state index is 0.00873. The highest BCUT2D eigenvalue weighted by Crippen LogP contribution is 2.33. The van der Waals surface area contributed by atoms with Gasteiger partial charge in [-0.2, -0.15) is 5.10 Å². The van der Waals surface area contributed by atoms with Crippen molar-refractivity contribution >= 4 is 39.4 Å². The van der Waals surface area contributed by atoms with Gasteiger partial charge in [-0.05, 0) is 85.3 Å². The van der Waals surface area contributed by atoms with Crippen molar-refractivity contribution in [1.82, 2.24) is 5.43 Å². The maximum Gasteiger partial charge on any atom is 0.264 e. The monoisotopic (exact) mass is 634 g/mol. The van der Waals surface area contributed by atoms with Crippen molar-refractivity contribution in [2.75, 3.05) is 37.0 Å². The van der Waals surface area contributed by atoms with Gasteiger partial charge < -0.3 is 19.5 Å². The van der Waals surface area contributed by atoms with E-state index in [0.717, 1.165) is 9.87 Å². The highest BCUT2D eigenvalue weighted by atomic mass is 32.2. The number of benzene rings is 4. The van der Waals surface area contributed by atoms with Crippen molar-refractivity contribution < 1.29 is 36.6 Å². The average Bonchev–Trinajstić information content (AvgIpc) is 3.04. The standard InChI is InChI=1S/C32H31FN4O7S/c1-22-4-15-28(16-5-22)45(40,41)37(26-12-17-29(42-2)30(18-26)43-3)20-31(38)36-34-19-23-6-13-27(14-7-23)44-21-32(39)35-25-10-8-24(33)9-11-25/h4-19H,20-21H2,1-3H3,(H,35,39)(H,36,38)/b34-19-. The summed E-state index contributed by atoms with van der Waals surface area (Å²) in [5.41, 5.74) is 4.47. The first kappa shape index (κ1) is 32.5. The molecule has 0 saturated carbocycles. The average molecular weight is 635 g/mol. The van der Waals surface area contributed by atoms with Crippen LogP contribution in [-0.4, -0.2) is 53.8 Å². The van der Waals surface area contributed by atoms with Crippen molar-refractivity contribution in [2.24, 2.45) is 5.10 Å². The third-order valence-corrected chi connectivity index (χ3v) is 8.12. The van der Waals surface area contributed by atoms with Crippen LogP contribution in [0.5, 0.6) is 17.2 Å². The minimum atomic E-state index is -4.16. The highest BCUT2D eigenvalue weighted by Gasteiger charge is 2.28. The Labute approximate surface area is 260 Å². The number of amides is 2. The third-order valence-electron chi connectivity index (χ3n) is 6.33. The van der Waals surface area contributed by atoms with Crippen LogP contribution in [0.25, 0.3) is 0 Å². The van der Waals surface area contributed by atoms with Crippen LogP contribution in [-0.2, 0) is 19.6 Å². The lowest BCUT2D eigenvalue weighted by molar-refractivity contribution is -0.119. The van der Waals surface area contributed by atoms with E-state index in [9.17, 15) is 22.4 Å². The fourth-order valence-electron chi connectivity index (χ4n) is 4.01. The van der Waals surface area contributed by atoms with E-state index >= 15 is 0 Å². The fraction of sp³-hybridized carbons (Fsp3) is 0.156. The minimum Gasteiger partial charge on any atom is -0.493 e.